The van der Waals surface area contributed by atoms with Crippen LogP contribution in [0.1, 0.15) is 38.5 Å². The Kier molecular flexibility index (Phi) is 11.2. The average Bonchev–Trinajstić information content (AvgIpc) is 2.96. The van der Waals surface area contributed by atoms with E-state index in [1.54, 1.807) is 7.11 Å². The third-order valence-corrected chi connectivity index (χ3v) is 3.53. The van der Waals surface area contributed by atoms with Crippen molar-refractivity contribution in [3.63, 3.8) is 0 Å². The van der Waals surface area contributed by atoms with E-state index in [4.69, 9.17) is 14.2 Å². The summed E-state index contributed by atoms with van der Waals surface area (Å²) in [4.78, 5) is 0. The van der Waals surface area contributed by atoms with E-state index in [0.29, 0.717) is 32.5 Å². The largest absolute Gasteiger partial charge is 0.389 e. The first kappa shape index (κ1) is 17.9. The van der Waals surface area contributed by atoms with Crippen LogP contribution in [0.3, 0.4) is 0 Å². The summed E-state index contributed by atoms with van der Waals surface area (Å²) >= 11 is 0. The van der Waals surface area contributed by atoms with Crippen LogP contribution in [0.4, 0.5) is 0 Å². The number of aliphatic hydroxyl groups excluding tert-OH is 1. The van der Waals surface area contributed by atoms with Crippen molar-refractivity contribution in [3.05, 3.63) is 0 Å². The number of ether oxygens (including phenoxy) is 3. The molecule has 0 radical (unpaired) electrons. The highest BCUT2D eigenvalue weighted by Gasteiger charge is 2.16. The summed E-state index contributed by atoms with van der Waals surface area (Å²) in [5.41, 5.74) is 0. The molecule has 0 saturated heterocycles. The van der Waals surface area contributed by atoms with Crippen LogP contribution in [0.15, 0.2) is 0 Å². The fraction of sp³-hybridized carbons (Fsp3) is 1.00. The van der Waals surface area contributed by atoms with Crippen LogP contribution in [0, 0.1) is 0 Å². The second-order valence-electron chi connectivity index (χ2n) is 5.41. The molecule has 1 aliphatic rings. The van der Waals surface area contributed by atoms with Crippen LogP contribution in [0.5, 0.6) is 0 Å². The van der Waals surface area contributed by atoms with Crippen molar-refractivity contribution in [2.24, 2.45) is 0 Å². The molecule has 0 bridgehead atoms. The number of aliphatic hydroxyl groups is 1. The third-order valence-electron chi connectivity index (χ3n) is 3.53. The number of hydrogen-bond donors (Lipinski definition) is 2. The molecule has 0 heterocycles. The topological polar surface area (TPSA) is 60.0 Å². The van der Waals surface area contributed by atoms with E-state index in [9.17, 15) is 5.11 Å². The lowest BCUT2D eigenvalue weighted by Gasteiger charge is -2.16. The van der Waals surface area contributed by atoms with Gasteiger partial charge in [0.15, 0.2) is 0 Å². The number of nitrogens with one attached hydrogen (secondary N) is 1. The van der Waals surface area contributed by atoms with Crippen LogP contribution < -0.4 is 5.32 Å². The Hall–Kier alpha value is -0.200. The summed E-state index contributed by atoms with van der Waals surface area (Å²) in [6.07, 6.45) is 6.93. The predicted molar refractivity (Wildman–Crippen MR) is 79.0 cm³/mol. The Morgan fingerprint density at radius 2 is 1.95 bits per heavy atom. The third kappa shape index (κ3) is 9.66. The van der Waals surface area contributed by atoms with Crippen molar-refractivity contribution >= 4 is 0 Å². The summed E-state index contributed by atoms with van der Waals surface area (Å²) in [5.74, 6) is 0. The molecule has 0 aromatic rings. The van der Waals surface area contributed by atoms with Gasteiger partial charge < -0.3 is 24.6 Å². The minimum absolute atomic E-state index is 0.383. The molecule has 1 atom stereocenters. The Morgan fingerprint density at radius 1 is 1.15 bits per heavy atom. The van der Waals surface area contributed by atoms with Crippen LogP contribution in [0.25, 0.3) is 0 Å². The molecular formula is C15H31NO4. The van der Waals surface area contributed by atoms with Gasteiger partial charge in [-0.05, 0) is 32.2 Å². The maximum absolute atomic E-state index is 9.78. The summed E-state index contributed by atoms with van der Waals surface area (Å²) in [6.45, 7) is 4.08. The summed E-state index contributed by atoms with van der Waals surface area (Å²) < 4.78 is 15.9. The van der Waals surface area contributed by atoms with Gasteiger partial charge in [-0.2, -0.15) is 0 Å². The molecule has 5 nitrogen and oxygen atoms in total. The van der Waals surface area contributed by atoms with Crippen molar-refractivity contribution in [3.8, 4) is 0 Å². The van der Waals surface area contributed by atoms with Crippen molar-refractivity contribution in [1.29, 1.82) is 0 Å². The van der Waals surface area contributed by atoms with Crippen molar-refractivity contribution < 1.29 is 19.3 Å². The molecule has 1 saturated carbocycles. The summed E-state index contributed by atoms with van der Waals surface area (Å²) in [6, 6.07) is 0. The molecule has 20 heavy (non-hydrogen) atoms. The first-order valence-corrected chi connectivity index (χ1v) is 7.90. The zero-order valence-corrected chi connectivity index (χ0v) is 12.8. The highest BCUT2D eigenvalue weighted by Crippen LogP contribution is 2.20. The van der Waals surface area contributed by atoms with E-state index in [1.807, 2.05) is 0 Å². The van der Waals surface area contributed by atoms with E-state index in [0.717, 1.165) is 38.8 Å². The molecule has 2 N–H and O–H groups in total. The first-order chi connectivity index (χ1) is 9.83. The lowest BCUT2D eigenvalue weighted by Crippen LogP contribution is -2.32. The normalized spacial score (nSPS) is 17.7. The molecule has 120 valence electrons. The quantitative estimate of drug-likeness (QED) is 0.501. The van der Waals surface area contributed by atoms with Gasteiger partial charge >= 0.3 is 0 Å². The van der Waals surface area contributed by atoms with Gasteiger partial charge in [-0.15, -0.1) is 0 Å². The Bertz CT molecular complexity index is 210. The second kappa shape index (κ2) is 12.5. The molecule has 1 aliphatic carbocycles. The van der Waals surface area contributed by atoms with Crippen LogP contribution in [-0.4, -0.2) is 63.9 Å². The van der Waals surface area contributed by atoms with Gasteiger partial charge in [-0.1, -0.05) is 12.8 Å². The highest BCUT2D eigenvalue weighted by molar-refractivity contribution is 4.68. The van der Waals surface area contributed by atoms with Gasteiger partial charge in [-0.3, -0.25) is 0 Å². The molecule has 1 unspecified atom stereocenters. The molecule has 0 aromatic carbocycles. The van der Waals surface area contributed by atoms with Crippen molar-refractivity contribution in [2.75, 3.05) is 46.6 Å². The smallest absolute Gasteiger partial charge is 0.0897 e. The van der Waals surface area contributed by atoms with Gasteiger partial charge in [0.05, 0.1) is 32.0 Å². The fourth-order valence-electron chi connectivity index (χ4n) is 2.33. The molecule has 5 heteroatoms. The fourth-order valence-corrected chi connectivity index (χ4v) is 2.33. The van der Waals surface area contributed by atoms with Gasteiger partial charge in [0, 0.05) is 20.3 Å². The minimum Gasteiger partial charge on any atom is -0.389 e. The van der Waals surface area contributed by atoms with Crippen molar-refractivity contribution in [2.45, 2.75) is 50.7 Å². The van der Waals surface area contributed by atoms with Crippen LogP contribution >= 0.6 is 0 Å². The van der Waals surface area contributed by atoms with E-state index >= 15 is 0 Å². The van der Waals surface area contributed by atoms with Gasteiger partial charge in [0.25, 0.3) is 0 Å². The average molecular weight is 289 g/mol. The maximum Gasteiger partial charge on any atom is 0.0897 e. The number of unbranched alkanes of at least 4 members (excludes halogenated alkanes) is 1. The SMILES string of the molecule is COCCOCCCCNCC(O)COC1CCCC1. The number of methoxy groups -OCH3 is 1. The summed E-state index contributed by atoms with van der Waals surface area (Å²) in [7, 11) is 1.68. The molecule has 0 amide bonds. The lowest BCUT2D eigenvalue weighted by atomic mass is 10.3. The zero-order chi connectivity index (χ0) is 14.5. The standard InChI is InChI=1S/C15H31NO4/c1-18-10-11-19-9-5-4-8-16-12-14(17)13-20-15-6-2-3-7-15/h14-17H,2-13H2,1H3. The Morgan fingerprint density at radius 3 is 2.70 bits per heavy atom. The molecular weight excluding hydrogens is 258 g/mol. The van der Waals surface area contributed by atoms with Gasteiger partial charge in [-0.25, -0.2) is 0 Å². The maximum atomic E-state index is 9.78. The van der Waals surface area contributed by atoms with Gasteiger partial charge in [0.1, 0.15) is 0 Å². The number of hydrogen-bond acceptors (Lipinski definition) is 5. The monoisotopic (exact) mass is 289 g/mol. The molecule has 0 aromatic heterocycles. The number of rotatable bonds is 13. The zero-order valence-electron chi connectivity index (χ0n) is 12.8. The first-order valence-electron chi connectivity index (χ1n) is 7.90. The minimum atomic E-state index is -0.395. The van der Waals surface area contributed by atoms with E-state index < -0.39 is 6.10 Å². The highest BCUT2D eigenvalue weighted by atomic mass is 16.5. The molecule has 0 aliphatic heterocycles. The van der Waals surface area contributed by atoms with Crippen molar-refractivity contribution in [1.82, 2.24) is 5.32 Å². The Balaban J connectivity index is 1.78. The van der Waals surface area contributed by atoms with E-state index in [2.05, 4.69) is 5.32 Å². The molecule has 1 rings (SSSR count). The van der Waals surface area contributed by atoms with E-state index in [1.165, 1.54) is 12.8 Å². The van der Waals surface area contributed by atoms with E-state index in [-0.39, 0.29) is 0 Å². The van der Waals surface area contributed by atoms with Gasteiger partial charge in [0.2, 0.25) is 0 Å². The second-order valence-corrected chi connectivity index (χ2v) is 5.41. The predicted octanol–water partition coefficient (Wildman–Crippen LogP) is 1.34. The molecule has 0 spiro atoms. The van der Waals surface area contributed by atoms with Crippen LogP contribution in [0.2, 0.25) is 0 Å². The Labute approximate surface area is 123 Å². The summed E-state index contributed by atoms with van der Waals surface area (Å²) in [5, 5.41) is 13.0. The van der Waals surface area contributed by atoms with Crippen LogP contribution in [-0.2, 0) is 14.2 Å². The molecule has 1 fully saturated rings. The lowest BCUT2D eigenvalue weighted by molar-refractivity contribution is -0.00540.